The summed E-state index contributed by atoms with van der Waals surface area (Å²) in [6.07, 6.45) is -1.54. The third kappa shape index (κ3) is 4.09. The van der Waals surface area contributed by atoms with Crippen LogP contribution in [0.5, 0.6) is 5.75 Å². The molecule has 0 radical (unpaired) electrons. The zero-order valence-electron chi connectivity index (χ0n) is 15.1. The van der Waals surface area contributed by atoms with Gasteiger partial charge in [-0.2, -0.15) is 8.78 Å². The second-order valence-corrected chi connectivity index (χ2v) is 6.29. The van der Waals surface area contributed by atoms with Gasteiger partial charge in [0.15, 0.2) is 11.8 Å². The average Bonchev–Trinajstić information content (AvgIpc) is 3.02. The van der Waals surface area contributed by atoms with Gasteiger partial charge in [-0.05, 0) is 38.1 Å². The van der Waals surface area contributed by atoms with Crippen molar-refractivity contribution in [2.45, 2.75) is 32.7 Å². The fourth-order valence-electron chi connectivity index (χ4n) is 2.94. The number of carboxylic acid groups (broad SMARTS) is 1. The molecule has 1 fully saturated rings. The molecule has 9 nitrogen and oxygen atoms in total. The van der Waals surface area contributed by atoms with Gasteiger partial charge in [0.05, 0.1) is 24.0 Å². The predicted molar refractivity (Wildman–Crippen MR) is 90.6 cm³/mol. The second kappa shape index (κ2) is 7.89. The molecule has 1 aliphatic heterocycles. The van der Waals surface area contributed by atoms with Crippen LogP contribution in [0.25, 0.3) is 5.69 Å². The Hall–Kier alpha value is -3.08. The Morgan fingerprint density at radius 2 is 1.96 bits per heavy atom. The normalized spacial score (nSPS) is 19.7. The largest absolute Gasteiger partial charge is 0.479 e. The molecule has 1 amide bonds. The summed E-state index contributed by atoms with van der Waals surface area (Å²) < 4.78 is 35.5. The number of carboxylic acids is 1. The lowest BCUT2D eigenvalue weighted by Gasteiger charge is -2.34. The van der Waals surface area contributed by atoms with Gasteiger partial charge >= 0.3 is 12.6 Å². The maximum Gasteiger partial charge on any atom is 0.387 e. The Balaban J connectivity index is 1.80. The molecule has 3 rings (SSSR count). The van der Waals surface area contributed by atoms with Crippen LogP contribution in [0.3, 0.4) is 0 Å². The lowest BCUT2D eigenvalue weighted by atomic mass is 10.2. The maximum atomic E-state index is 12.8. The standard InChI is InChI=1S/C17H18F2N4O5/c1-9-7-22(8-13(27-9)16(25)26)15(24)14-10(2)23(21-20-14)11-3-5-12(6-4-11)28-17(18)19/h3-6,9,13,17H,7-8H2,1-2H3,(H,25,26)/t9-,13?/m1/s1. The van der Waals surface area contributed by atoms with E-state index in [1.807, 2.05) is 0 Å². The first-order chi connectivity index (χ1) is 13.3. The first-order valence-electron chi connectivity index (χ1n) is 8.41. The molecule has 2 heterocycles. The smallest absolute Gasteiger partial charge is 0.387 e. The number of carbonyl (C=O) groups excluding carboxylic acids is 1. The number of hydrogen-bond acceptors (Lipinski definition) is 6. The molecule has 1 aromatic carbocycles. The predicted octanol–water partition coefficient (Wildman–Crippen LogP) is 1.49. The number of ether oxygens (including phenoxy) is 2. The molecule has 1 aliphatic rings. The molecule has 0 bridgehead atoms. The molecule has 0 spiro atoms. The Morgan fingerprint density at radius 3 is 2.57 bits per heavy atom. The summed E-state index contributed by atoms with van der Waals surface area (Å²) in [5.74, 6) is -1.60. The molecule has 1 unspecified atom stereocenters. The number of halogens is 2. The summed E-state index contributed by atoms with van der Waals surface area (Å²) >= 11 is 0. The molecule has 11 heteroatoms. The van der Waals surface area contributed by atoms with Gasteiger partial charge in [0.2, 0.25) is 0 Å². The molecular formula is C17H18F2N4O5. The van der Waals surface area contributed by atoms with Crippen LogP contribution in [-0.2, 0) is 9.53 Å². The lowest BCUT2D eigenvalue weighted by Crippen LogP contribution is -2.52. The summed E-state index contributed by atoms with van der Waals surface area (Å²) in [5.41, 5.74) is 1.01. The van der Waals surface area contributed by atoms with Crippen molar-refractivity contribution in [3.05, 3.63) is 35.7 Å². The van der Waals surface area contributed by atoms with Crippen LogP contribution < -0.4 is 4.74 Å². The van der Waals surface area contributed by atoms with Gasteiger partial charge in [0, 0.05) is 6.54 Å². The van der Waals surface area contributed by atoms with Crippen LogP contribution >= 0.6 is 0 Å². The highest BCUT2D eigenvalue weighted by Crippen LogP contribution is 2.20. The van der Waals surface area contributed by atoms with Gasteiger partial charge in [-0.3, -0.25) is 4.79 Å². The molecule has 1 saturated heterocycles. The average molecular weight is 396 g/mol. The third-order valence-electron chi connectivity index (χ3n) is 4.23. The number of hydrogen-bond donors (Lipinski definition) is 1. The van der Waals surface area contributed by atoms with E-state index in [9.17, 15) is 18.4 Å². The Kier molecular flexibility index (Phi) is 5.54. The molecule has 1 aromatic heterocycles. The highest BCUT2D eigenvalue weighted by Gasteiger charge is 2.34. The van der Waals surface area contributed by atoms with Crippen LogP contribution in [0, 0.1) is 6.92 Å². The van der Waals surface area contributed by atoms with Crippen molar-refractivity contribution in [2.24, 2.45) is 0 Å². The minimum atomic E-state index is -2.92. The number of rotatable bonds is 5. The number of nitrogens with zero attached hydrogens (tertiary/aromatic N) is 4. The maximum absolute atomic E-state index is 12.8. The zero-order chi connectivity index (χ0) is 20.4. The third-order valence-corrected chi connectivity index (χ3v) is 4.23. The van der Waals surface area contributed by atoms with E-state index in [1.54, 1.807) is 13.8 Å². The number of aliphatic carboxylic acids is 1. The number of alkyl halides is 2. The Labute approximate surface area is 158 Å². The van der Waals surface area contributed by atoms with Crippen molar-refractivity contribution >= 4 is 11.9 Å². The minimum absolute atomic E-state index is 0.00478. The van der Waals surface area contributed by atoms with Crippen LogP contribution in [0.4, 0.5) is 8.78 Å². The monoisotopic (exact) mass is 396 g/mol. The molecule has 2 aromatic rings. The summed E-state index contributed by atoms with van der Waals surface area (Å²) in [6.45, 7) is 0.532. The number of benzene rings is 1. The highest BCUT2D eigenvalue weighted by atomic mass is 19.3. The summed E-state index contributed by atoms with van der Waals surface area (Å²) in [4.78, 5) is 25.4. The van der Waals surface area contributed by atoms with Gasteiger partial charge in [-0.25, -0.2) is 9.48 Å². The molecule has 150 valence electrons. The summed E-state index contributed by atoms with van der Waals surface area (Å²) in [5, 5.41) is 17.0. The van der Waals surface area contributed by atoms with Gasteiger partial charge in [-0.15, -0.1) is 5.10 Å². The molecular weight excluding hydrogens is 378 g/mol. The van der Waals surface area contributed by atoms with Crippen molar-refractivity contribution in [2.75, 3.05) is 13.1 Å². The number of morpholine rings is 1. The van der Waals surface area contributed by atoms with E-state index in [4.69, 9.17) is 9.84 Å². The summed E-state index contributed by atoms with van der Waals surface area (Å²) in [7, 11) is 0. The molecule has 0 saturated carbocycles. The van der Waals surface area contributed by atoms with Crippen molar-refractivity contribution in [3.63, 3.8) is 0 Å². The van der Waals surface area contributed by atoms with Crippen molar-refractivity contribution in [1.82, 2.24) is 19.9 Å². The van der Waals surface area contributed by atoms with Crippen molar-refractivity contribution < 1.29 is 33.0 Å². The van der Waals surface area contributed by atoms with E-state index in [1.165, 1.54) is 33.8 Å². The summed E-state index contributed by atoms with van der Waals surface area (Å²) in [6, 6.07) is 5.71. The van der Waals surface area contributed by atoms with E-state index in [0.717, 1.165) is 0 Å². The minimum Gasteiger partial charge on any atom is -0.479 e. The van der Waals surface area contributed by atoms with Crippen molar-refractivity contribution in [3.8, 4) is 11.4 Å². The van der Waals surface area contributed by atoms with Crippen LogP contribution in [0.2, 0.25) is 0 Å². The van der Waals surface area contributed by atoms with Crippen molar-refractivity contribution in [1.29, 1.82) is 0 Å². The fraction of sp³-hybridized carbons (Fsp3) is 0.412. The van der Waals surface area contributed by atoms with E-state index in [-0.39, 0.29) is 24.5 Å². The van der Waals surface area contributed by atoms with E-state index >= 15 is 0 Å². The molecule has 0 aliphatic carbocycles. The van der Waals surface area contributed by atoms with E-state index < -0.39 is 30.7 Å². The van der Waals surface area contributed by atoms with Gasteiger partial charge < -0.3 is 19.5 Å². The molecule has 2 atom stereocenters. The zero-order valence-corrected chi connectivity index (χ0v) is 15.1. The Morgan fingerprint density at radius 1 is 1.29 bits per heavy atom. The van der Waals surface area contributed by atoms with Crippen LogP contribution in [0.15, 0.2) is 24.3 Å². The van der Waals surface area contributed by atoms with E-state index in [2.05, 4.69) is 15.0 Å². The van der Waals surface area contributed by atoms with Gasteiger partial charge in [0.1, 0.15) is 5.75 Å². The fourth-order valence-corrected chi connectivity index (χ4v) is 2.94. The highest BCUT2D eigenvalue weighted by molar-refractivity contribution is 5.93. The van der Waals surface area contributed by atoms with Crippen LogP contribution in [-0.4, -0.2) is 68.8 Å². The second-order valence-electron chi connectivity index (χ2n) is 6.29. The quantitative estimate of drug-likeness (QED) is 0.816. The molecule has 1 N–H and O–H groups in total. The topological polar surface area (TPSA) is 107 Å². The first kappa shape index (κ1) is 19.7. The lowest BCUT2D eigenvalue weighted by molar-refractivity contribution is -0.160. The van der Waals surface area contributed by atoms with E-state index in [0.29, 0.717) is 11.4 Å². The number of aromatic nitrogens is 3. The van der Waals surface area contributed by atoms with Gasteiger partial charge in [-0.1, -0.05) is 5.21 Å². The van der Waals surface area contributed by atoms with Crippen LogP contribution in [0.1, 0.15) is 23.1 Å². The number of amides is 1. The Bertz CT molecular complexity index is 871. The number of carbonyl (C=O) groups is 2. The SMILES string of the molecule is Cc1c(C(=O)N2CC(C(=O)O)O[C@H](C)C2)nnn1-c1ccc(OC(F)F)cc1. The van der Waals surface area contributed by atoms with Gasteiger partial charge in [0.25, 0.3) is 5.91 Å². The molecule has 28 heavy (non-hydrogen) atoms. The first-order valence-corrected chi connectivity index (χ1v) is 8.41.